The molecule has 2 aromatic rings. The number of benzene rings is 1. The summed E-state index contributed by atoms with van der Waals surface area (Å²) in [5.41, 5.74) is 2.86. The topological polar surface area (TPSA) is 150 Å². The van der Waals surface area contributed by atoms with E-state index in [0.717, 1.165) is 23.6 Å². The predicted molar refractivity (Wildman–Crippen MR) is 94.3 cm³/mol. The number of nitrogens with two attached hydrogens (primary N) is 1. The van der Waals surface area contributed by atoms with Gasteiger partial charge in [0.2, 0.25) is 9.84 Å². The summed E-state index contributed by atoms with van der Waals surface area (Å²) in [6, 6.07) is 4.45. The van der Waals surface area contributed by atoms with Crippen LogP contribution in [0.5, 0.6) is 0 Å². The fourth-order valence-corrected chi connectivity index (χ4v) is 4.84. The average Bonchev–Trinajstić information content (AvgIpc) is 2.98. The molecule has 4 N–H and O–H groups in total. The number of thiophene rings is 1. The molecule has 0 aliphatic heterocycles. The van der Waals surface area contributed by atoms with Gasteiger partial charge in [-0.3, -0.25) is 9.59 Å². The van der Waals surface area contributed by atoms with Crippen molar-refractivity contribution in [1.29, 1.82) is 5.26 Å². The van der Waals surface area contributed by atoms with E-state index in [1.54, 1.807) is 6.07 Å². The van der Waals surface area contributed by atoms with E-state index in [2.05, 4.69) is 5.32 Å². The summed E-state index contributed by atoms with van der Waals surface area (Å²) in [5, 5.41) is 21.5. The Balaban J connectivity index is 2.60. The highest BCUT2D eigenvalue weighted by Gasteiger charge is 2.32. The van der Waals surface area contributed by atoms with Gasteiger partial charge in [-0.05, 0) is 32.0 Å². The van der Waals surface area contributed by atoms with Crippen LogP contribution in [0, 0.1) is 17.1 Å². The van der Waals surface area contributed by atoms with Gasteiger partial charge in [-0.2, -0.15) is 5.26 Å². The number of halogens is 1. The first-order valence-electron chi connectivity index (χ1n) is 7.29. The van der Waals surface area contributed by atoms with E-state index in [0.29, 0.717) is 11.3 Å². The van der Waals surface area contributed by atoms with Crippen LogP contribution in [0.15, 0.2) is 33.4 Å². The summed E-state index contributed by atoms with van der Waals surface area (Å²) in [6.45, 7) is 2.40. The molecule has 2 amide bonds. The molecule has 0 radical (unpaired) electrons. The summed E-state index contributed by atoms with van der Waals surface area (Å²) in [4.78, 5) is 22.4. The lowest BCUT2D eigenvalue weighted by Gasteiger charge is -2.16. The van der Waals surface area contributed by atoms with E-state index in [1.165, 1.54) is 13.8 Å². The molecule has 142 valence electrons. The van der Waals surface area contributed by atoms with E-state index in [1.807, 2.05) is 0 Å². The highest BCUT2D eigenvalue weighted by atomic mass is 32.2. The fraction of sp³-hybridized carbons (Fsp3) is 0.188. The van der Waals surface area contributed by atoms with Crippen LogP contribution < -0.4 is 11.1 Å². The standard InChI is InChI=1S/C16H14FN3O5S2/c1-16(2,23)15(22)20-14-12(13(19)21)11(7-26-14)27(24,25)10-4-3-8(6-18)5-9(10)17/h3-5,7,23H,1-2H3,(H2,19,21)(H,20,22). The molecule has 0 aliphatic rings. The lowest BCUT2D eigenvalue weighted by molar-refractivity contribution is -0.130. The van der Waals surface area contributed by atoms with Gasteiger partial charge in [-0.15, -0.1) is 11.3 Å². The molecule has 0 saturated heterocycles. The molecule has 0 atom stereocenters. The Labute approximate surface area is 158 Å². The van der Waals surface area contributed by atoms with Crippen molar-refractivity contribution in [2.45, 2.75) is 29.2 Å². The third kappa shape index (κ3) is 3.97. The van der Waals surface area contributed by atoms with E-state index < -0.39 is 48.4 Å². The number of hydrogen-bond donors (Lipinski definition) is 3. The zero-order valence-electron chi connectivity index (χ0n) is 14.1. The van der Waals surface area contributed by atoms with Crippen LogP contribution in [-0.4, -0.2) is 30.9 Å². The van der Waals surface area contributed by atoms with Crippen LogP contribution in [0.3, 0.4) is 0 Å². The van der Waals surface area contributed by atoms with Crippen molar-refractivity contribution < 1.29 is 27.5 Å². The Kier molecular flexibility index (Phi) is 5.37. The summed E-state index contributed by atoms with van der Waals surface area (Å²) in [5.74, 6) is -3.21. The SMILES string of the molecule is CC(C)(O)C(=O)Nc1scc(S(=O)(=O)c2ccc(C#N)cc2F)c1C(N)=O. The molecule has 27 heavy (non-hydrogen) atoms. The summed E-state index contributed by atoms with van der Waals surface area (Å²) >= 11 is 0.686. The number of nitrogens with one attached hydrogen (secondary N) is 1. The van der Waals surface area contributed by atoms with Gasteiger partial charge in [0.1, 0.15) is 21.3 Å². The highest BCUT2D eigenvalue weighted by Crippen LogP contribution is 2.35. The summed E-state index contributed by atoms with van der Waals surface area (Å²) in [6.07, 6.45) is 0. The number of nitriles is 1. The molecule has 8 nitrogen and oxygen atoms in total. The van der Waals surface area contributed by atoms with E-state index in [-0.39, 0.29) is 10.6 Å². The first-order chi connectivity index (χ1) is 12.4. The number of sulfone groups is 1. The molecule has 0 saturated carbocycles. The zero-order chi connectivity index (χ0) is 20.6. The number of nitrogens with zero attached hydrogens (tertiary/aromatic N) is 1. The Morgan fingerprint density at radius 3 is 2.44 bits per heavy atom. The quantitative estimate of drug-likeness (QED) is 0.677. The molecular formula is C16H14FN3O5S2. The van der Waals surface area contributed by atoms with Gasteiger partial charge in [0.15, 0.2) is 0 Å². The second kappa shape index (κ2) is 7.07. The number of carbonyl (C=O) groups excluding carboxylic acids is 2. The molecule has 1 aromatic carbocycles. The van der Waals surface area contributed by atoms with Gasteiger partial charge < -0.3 is 16.2 Å². The van der Waals surface area contributed by atoms with Crippen LogP contribution in [0.4, 0.5) is 9.39 Å². The van der Waals surface area contributed by atoms with Gasteiger partial charge in [-0.25, -0.2) is 12.8 Å². The Hall–Kier alpha value is -2.81. The van der Waals surface area contributed by atoms with E-state index in [9.17, 15) is 27.5 Å². The van der Waals surface area contributed by atoms with Crippen LogP contribution >= 0.6 is 11.3 Å². The van der Waals surface area contributed by atoms with E-state index in [4.69, 9.17) is 11.0 Å². The van der Waals surface area contributed by atoms with Crippen LogP contribution in [0.25, 0.3) is 0 Å². The molecule has 0 fully saturated rings. The minimum absolute atomic E-state index is 0.0787. The van der Waals surface area contributed by atoms with Gasteiger partial charge in [0.05, 0.1) is 22.1 Å². The first kappa shape index (κ1) is 20.5. The molecule has 11 heteroatoms. The monoisotopic (exact) mass is 411 g/mol. The number of carbonyl (C=O) groups is 2. The Morgan fingerprint density at radius 2 is 1.96 bits per heavy atom. The number of amides is 2. The van der Waals surface area contributed by atoms with Crippen LogP contribution in [0.1, 0.15) is 29.8 Å². The Bertz CT molecular complexity index is 1080. The molecule has 0 aliphatic carbocycles. The van der Waals surface area contributed by atoms with Gasteiger partial charge in [0.25, 0.3) is 11.8 Å². The second-order valence-electron chi connectivity index (χ2n) is 5.94. The maximum absolute atomic E-state index is 14.2. The van der Waals surface area contributed by atoms with Crippen LogP contribution in [0.2, 0.25) is 0 Å². The molecule has 2 rings (SSSR count). The van der Waals surface area contributed by atoms with Crippen LogP contribution in [-0.2, 0) is 14.6 Å². The smallest absolute Gasteiger partial charge is 0.256 e. The predicted octanol–water partition coefficient (Wildman–Crippen LogP) is 1.40. The van der Waals surface area contributed by atoms with Gasteiger partial charge in [0, 0.05) is 5.38 Å². The van der Waals surface area contributed by atoms with Crippen molar-refractivity contribution in [1.82, 2.24) is 0 Å². The number of hydrogen-bond acceptors (Lipinski definition) is 7. The third-order valence-corrected chi connectivity index (χ3v) is 6.28. The third-order valence-electron chi connectivity index (χ3n) is 3.43. The molecule has 1 aromatic heterocycles. The average molecular weight is 411 g/mol. The molecule has 1 heterocycles. The molecule has 0 bridgehead atoms. The van der Waals surface area contributed by atoms with Gasteiger partial charge >= 0.3 is 0 Å². The molecule has 0 spiro atoms. The highest BCUT2D eigenvalue weighted by molar-refractivity contribution is 7.91. The minimum atomic E-state index is -4.51. The summed E-state index contributed by atoms with van der Waals surface area (Å²) in [7, 11) is -4.51. The number of anilines is 1. The van der Waals surface area contributed by atoms with Crippen molar-refractivity contribution in [3.05, 3.63) is 40.5 Å². The summed E-state index contributed by atoms with van der Waals surface area (Å²) < 4.78 is 39.8. The largest absolute Gasteiger partial charge is 0.381 e. The fourth-order valence-electron chi connectivity index (χ4n) is 2.03. The number of rotatable bonds is 5. The van der Waals surface area contributed by atoms with Crippen molar-refractivity contribution in [2.75, 3.05) is 5.32 Å². The second-order valence-corrected chi connectivity index (χ2v) is 8.71. The lowest BCUT2D eigenvalue weighted by atomic mass is 10.1. The van der Waals surface area contributed by atoms with Crippen molar-refractivity contribution >= 4 is 38.0 Å². The van der Waals surface area contributed by atoms with Gasteiger partial charge in [-0.1, -0.05) is 0 Å². The maximum Gasteiger partial charge on any atom is 0.256 e. The lowest BCUT2D eigenvalue weighted by Crippen LogP contribution is -2.37. The van der Waals surface area contributed by atoms with Crippen molar-refractivity contribution in [3.63, 3.8) is 0 Å². The van der Waals surface area contributed by atoms with Crippen molar-refractivity contribution in [3.8, 4) is 6.07 Å². The minimum Gasteiger partial charge on any atom is -0.381 e. The number of aliphatic hydroxyl groups is 1. The van der Waals surface area contributed by atoms with Crippen molar-refractivity contribution in [2.24, 2.45) is 5.73 Å². The molecular weight excluding hydrogens is 397 g/mol. The zero-order valence-corrected chi connectivity index (χ0v) is 15.7. The Morgan fingerprint density at radius 1 is 1.33 bits per heavy atom. The van der Waals surface area contributed by atoms with E-state index >= 15 is 0 Å². The first-order valence-corrected chi connectivity index (χ1v) is 9.65. The number of primary amides is 1. The normalized spacial score (nSPS) is 11.7. The maximum atomic E-state index is 14.2. The molecule has 0 unspecified atom stereocenters.